The summed E-state index contributed by atoms with van der Waals surface area (Å²) < 4.78 is 4.82. The number of ether oxygens (including phenoxy) is 1. The predicted molar refractivity (Wildman–Crippen MR) is 49.3 cm³/mol. The van der Waals surface area contributed by atoms with Gasteiger partial charge in [-0.2, -0.15) is 0 Å². The molecule has 0 heterocycles. The largest absolute Gasteiger partial charge is 0.463 e. The average molecular weight is 172 g/mol. The molecule has 11 heavy (non-hydrogen) atoms. The maximum Gasteiger partial charge on any atom is 0.332 e. The zero-order valence-electron chi connectivity index (χ0n) is 7.68. The molecule has 0 radical (unpaired) electrons. The summed E-state index contributed by atoms with van der Waals surface area (Å²) in [7, 11) is -0.772. The summed E-state index contributed by atoms with van der Waals surface area (Å²) in [4.78, 5) is 11.0. The molecule has 0 unspecified atom stereocenters. The molecule has 0 atom stereocenters. The molecular weight excluding hydrogens is 156 g/mol. The van der Waals surface area contributed by atoms with E-state index in [4.69, 9.17) is 4.74 Å². The van der Waals surface area contributed by atoms with Crippen LogP contribution in [-0.2, 0) is 9.53 Å². The first-order valence-electron chi connectivity index (χ1n) is 3.93. The van der Waals surface area contributed by atoms with Gasteiger partial charge in [0, 0.05) is 5.57 Å². The van der Waals surface area contributed by atoms with Crippen LogP contribution in [-0.4, -0.2) is 21.4 Å². The normalized spacial score (nSPS) is 11.9. The van der Waals surface area contributed by atoms with Gasteiger partial charge in [0.2, 0.25) is 0 Å². The van der Waals surface area contributed by atoms with Gasteiger partial charge in [0.25, 0.3) is 0 Å². The lowest BCUT2D eigenvalue weighted by Crippen LogP contribution is -2.08. The Morgan fingerprint density at radius 3 is 2.45 bits per heavy atom. The molecule has 0 saturated carbocycles. The molecule has 0 spiro atoms. The Hall–Kier alpha value is -0.573. The van der Waals surface area contributed by atoms with Crippen molar-refractivity contribution in [1.82, 2.24) is 0 Å². The van der Waals surface area contributed by atoms with Gasteiger partial charge in [-0.05, 0) is 13.8 Å². The zero-order chi connectivity index (χ0) is 8.85. The van der Waals surface area contributed by atoms with Gasteiger partial charge in [0.05, 0.1) is 15.4 Å². The van der Waals surface area contributed by atoms with Crippen molar-refractivity contribution in [3.05, 3.63) is 11.3 Å². The van der Waals surface area contributed by atoms with Crippen molar-refractivity contribution in [2.75, 3.05) is 6.61 Å². The van der Waals surface area contributed by atoms with Crippen LogP contribution in [0.3, 0.4) is 0 Å². The standard InChI is InChI=1S/C8H16O2Si/c1-5-10-8(9)7(2)6-11(3)4/h6,11H,5H2,1-4H3. The Morgan fingerprint density at radius 2 is 2.09 bits per heavy atom. The average Bonchev–Trinajstić information content (AvgIpc) is 1.86. The number of hydrogen-bond acceptors (Lipinski definition) is 2. The fourth-order valence-electron chi connectivity index (χ4n) is 0.813. The van der Waals surface area contributed by atoms with E-state index in [-0.39, 0.29) is 5.97 Å². The molecule has 0 amide bonds. The zero-order valence-corrected chi connectivity index (χ0v) is 8.83. The van der Waals surface area contributed by atoms with Crippen LogP contribution in [0.5, 0.6) is 0 Å². The highest BCUT2D eigenvalue weighted by Crippen LogP contribution is 1.98. The molecule has 0 rings (SSSR count). The lowest BCUT2D eigenvalue weighted by Gasteiger charge is -2.01. The molecule has 0 aliphatic heterocycles. The Morgan fingerprint density at radius 1 is 1.55 bits per heavy atom. The second-order valence-electron chi connectivity index (χ2n) is 2.81. The first-order chi connectivity index (χ1) is 5.07. The third-order valence-electron chi connectivity index (χ3n) is 1.18. The fourth-order valence-corrected chi connectivity index (χ4v) is 1.95. The maximum absolute atomic E-state index is 11.0. The molecule has 0 fully saturated rings. The number of carbonyl (C=O) groups excluding carboxylic acids is 1. The third-order valence-corrected chi connectivity index (χ3v) is 2.35. The van der Waals surface area contributed by atoms with Gasteiger partial charge in [0.1, 0.15) is 0 Å². The molecule has 2 nitrogen and oxygen atoms in total. The Kier molecular flexibility index (Phi) is 4.86. The van der Waals surface area contributed by atoms with E-state index in [2.05, 4.69) is 13.1 Å². The molecule has 0 aromatic rings. The van der Waals surface area contributed by atoms with Crippen LogP contribution in [0.25, 0.3) is 0 Å². The van der Waals surface area contributed by atoms with Gasteiger partial charge in [-0.15, -0.1) is 0 Å². The van der Waals surface area contributed by atoms with Crippen LogP contribution < -0.4 is 0 Å². The molecule has 0 bridgehead atoms. The lowest BCUT2D eigenvalue weighted by molar-refractivity contribution is -0.138. The van der Waals surface area contributed by atoms with Gasteiger partial charge in [0.15, 0.2) is 0 Å². The maximum atomic E-state index is 11.0. The molecule has 3 heteroatoms. The van der Waals surface area contributed by atoms with Crippen LogP contribution >= 0.6 is 0 Å². The van der Waals surface area contributed by atoms with E-state index >= 15 is 0 Å². The number of rotatable bonds is 3. The van der Waals surface area contributed by atoms with E-state index in [1.807, 2.05) is 19.5 Å². The monoisotopic (exact) mass is 172 g/mol. The molecule has 0 aromatic heterocycles. The van der Waals surface area contributed by atoms with Crippen molar-refractivity contribution < 1.29 is 9.53 Å². The lowest BCUT2D eigenvalue weighted by atomic mass is 10.4. The first-order valence-corrected chi connectivity index (χ1v) is 6.91. The molecule has 0 aliphatic carbocycles. The van der Waals surface area contributed by atoms with Gasteiger partial charge < -0.3 is 4.74 Å². The summed E-state index contributed by atoms with van der Waals surface area (Å²) in [6.45, 7) is 8.43. The van der Waals surface area contributed by atoms with E-state index in [1.54, 1.807) is 0 Å². The van der Waals surface area contributed by atoms with Crippen molar-refractivity contribution in [3.8, 4) is 0 Å². The van der Waals surface area contributed by atoms with Gasteiger partial charge in [-0.1, -0.05) is 18.8 Å². The minimum atomic E-state index is -0.772. The van der Waals surface area contributed by atoms with E-state index < -0.39 is 8.80 Å². The van der Waals surface area contributed by atoms with Crippen LogP contribution in [0, 0.1) is 0 Å². The van der Waals surface area contributed by atoms with E-state index in [1.165, 1.54) is 0 Å². The molecule has 0 N–H and O–H groups in total. The molecule has 0 aliphatic rings. The SMILES string of the molecule is CCOC(=O)C(C)=C[SiH](C)C. The highest BCUT2D eigenvalue weighted by atomic mass is 28.3. The predicted octanol–water partition coefficient (Wildman–Crippen LogP) is 1.52. The Bertz CT molecular complexity index is 161. The van der Waals surface area contributed by atoms with E-state index in [9.17, 15) is 4.79 Å². The second-order valence-corrected chi connectivity index (χ2v) is 5.64. The van der Waals surface area contributed by atoms with Gasteiger partial charge in [-0.25, -0.2) is 4.79 Å². The smallest absolute Gasteiger partial charge is 0.332 e. The summed E-state index contributed by atoms with van der Waals surface area (Å²) in [5.41, 5.74) is 2.80. The Labute approximate surface area is 69.9 Å². The van der Waals surface area contributed by atoms with Crippen molar-refractivity contribution in [3.63, 3.8) is 0 Å². The quantitative estimate of drug-likeness (QED) is 0.366. The highest BCUT2D eigenvalue weighted by molar-refractivity contribution is 6.61. The summed E-state index contributed by atoms with van der Waals surface area (Å²) in [6.07, 6.45) is 0. The molecule has 64 valence electrons. The van der Waals surface area contributed by atoms with Crippen LogP contribution in [0.2, 0.25) is 13.1 Å². The summed E-state index contributed by atoms with van der Waals surface area (Å²) in [6, 6.07) is 0. The minimum absolute atomic E-state index is 0.172. The number of hydrogen-bond donors (Lipinski definition) is 0. The topological polar surface area (TPSA) is 26.3 Å². The van der Waals surface area contributed by atoms with E-state index in [0.29, 0.717) is 6.61 Å². The van der Waals surface area contributed by atoms with Crippen LogP contribution in [0.4, 0.5) is 0 Å². The highest BCUT2D eigenvalue weighted by Gasteiger charge is 2.04. The molecule has 0 saturated heterocycles. The Balaban J connectivity index is 4.01. The molecule has 0 aromatic carbocycles. The van der Waals surface area contributed by atoms with Crippen molar-refractivity contribution in [1.29, 1.82) is 0 Å². The van der Waals surface area contributed by atoms with Gasteiger partial charge >= 0.3 is 5.97 Å². The summed E-state index contributed by atoms with van der Waals surface area (Å²) >= 11 is 0. The van der Waals surface area contributed by atoms with Gasteiger partial charge in [-0.3, -0.25) is 0 Å². The van der Waals surface area contributed by atoms with Crippen LogP contribution in [0.15, 0.2) is 11.3 Å². The minimum Gasteiger partial charge on any atom is -0.463 e. The number of esters is 1. The first kappa shape index (κ1) is 10.4. The fraction of sp³-hybridized carbons (Fsp3) is 0.625. The second kappa shape index (κ2) is 5.13. The molecular formula is C8H16O2Si. The van der Waals surface area contributed by atoms with E-state index in [0.717, 1.165) is 5.57 Å². The van der Waals surface area contributed by atoms with Crippen molar-refractivity contribution in [2.45, 2.75) is 26.9 Å². The summed E-state index contributed by atoms with van der Waals surface area (Å²) in [5.74, 6) is -0.172. The third kappa shape index (κ3) is 4.78. The van der Waals surface area contributed by atoms with Crippen molar-refractivity contribution in [2.24, 2.45) is 0 Å². The summed E-state index contributed by atoms with van der Waals surface area (Å²) in [5, 5.41) is 0. The van der Waals surface area contributed by atoms with Crippen LogP contribution in [0.1, 0.15) is 13.8 Å². The van der Waals surface area contributed by atoms with Crippen molar-refractivity contribution >= 4 is 14.8 Å². The number of carbonyl (C=O) groups is 1.